The van der Waals surface area contributed by atoms with E-state index in [1.165, 1.54) is 23.5 Å². The van der Waals surface area contributed by atoms with Gasteiger partial charge in [0.1, 0.15) is 24.1 Å². The van der Waals surface area contributed by atoms with Crippen LogP contribution in [-0.4, -0.2) is 25.7 Å². The van der Waals surface area contributed by atoms with E-state index in [1.54, 1.807) is 0 Å². The number of nitrogens with zero attached hydrogens (tertiary/aromatic N) is 4. The first-order valence-corrected chi connectivity index (χ1v) is 11.9. The predicted molar refractivity (Wildman–Crippen MR) is 136 cm³/mol. The van der Waals surface area contributed by atoms with Crippen molar-refractivity contribution in [3.05, 3.63) is 100 Å². The summed E-state index contributed by atoms with van der Waals surface area (Å²) in [6.45, 7) is 5.79. The monoisotopic (exact) mass is 519 g/mol. The summed E-state index contributed by atoms with van der Waals surface area (Å²) < 4.78 is 26.3. The Morgan fingerprint density at radius 1 is 1.27 bits per heavy atom. The first-order chi connectivity index (χ1) is 17.8. The second kappa shape index (κ2) is 10.0. The molecule has 0 saturated carbocycles. The van der Waals surface area contributed by atoms with Crippen LogP contribution in [0.3, 0.4) is 0 Å². The van der Waals surface area contributed by atoms with Crippen molar-refractivity contribution in [1.29, 1.82) is 0 Å². The van der Waals surface area contributed by atoms with Crippen LogP contribution in [0.1, 0.15) is 45.8 Å². The molecule has 0 bridgehead atoms. The molecule has 0 aliphatic rings. The molecule has 37 heavy (non-hydrogen) atoms. The van der Waals surface area contributed by atoms with Crippen LogP contribution in [0.5, 0.6) is 5.75 Å². The van der Waals surface area contributed by atoms with E-state index in [0.29, 0.717) is 22.0 Å². The second-order valence-electron chi connectivity index (χ2n) is 8.71. The number of aryl methyl sites for hydroxylation is 2. The zero-order chi connectivity index (χ0) is 26.1. The molecule has 3 heterocycles. The quantitative estimate of drug-likeness (QED) is 0.288. The van der Waals surface area contributed by atoms with Crippen LogP contribution in [0.15, 0.2) is 65.9 Å². The molecule has 0 saturated heterocycles. The van der Waals surface area contributed by atoms with Gasteiger partial charge >= 0.3 is 0 Å². The third-order valence-corrected chi connectivity index (χ3v) is 6.27. The van der Waals surface area contributed by atoms with Crippen LogP contribution in [0, 0.1) is 19.7 Å². The minimum absolute atomic E-state index is 0.138. The molecule has 1 amide bonds. The molecule has 8 nitrogen and oxygen atoms in total. The number of nitrogens with one attached hydrogen (secondary N) is 1. The summed E-state index contributed by atoms with van der Waals surface area (Å²) in [6, 6.07) is 10.8. The summed E-state index contributed by atoms with van der Waals surface area (Å²) in [5.74, 6) is -0.250. The predicted octanol–water partition coefficient (Wildman–Crippen LogP) is 5.89. The molecule has 0 unspecified atom stereocenters. The van der Waals surface area contributed by atoms with Crippen molar-refractivity contribution in [3.8, 4) is 11.4 Å². The van der Waals surface area contributed by atoms with E-state index in [0.717, 1.165) is 34.0 Å². The largest absolute Gasteiger partial charge is 0.487 e. The molecule has 0 aliphatic heterocycles. The van der Waals surface area contributed by atoms with Crippen molar-refractivity contribution in [2.75, 3.05) is 0 Å². The topological polar surface area (TPSA) is 95.1 Å². The molecule has 0 fully saturated rings. The maximum absolute atomic E-state index is 13.7. The summed E-state index contributed by atoms with van der Waals surface area (Å²) in [4.78, 5) is 21.1. The number of hydrogen-bond donors (Lipinski definition) is 1. The number of para-hydroxylation sites is 1. The molecule has 0 spiro atoms. The van der Waals surface area contributed by atoms with Gasteiger partial charge in [0, 0.05) is 21.7 Å². The SMILES string of the molecule is Cc1cc(Cl)c(COc2cccc3c(-n4cc(F)cn4)cc(C)nc23)c([C@H](C)NC(=O)c2cocn2)c1. The first kappa shape index (κ1) is 24.5. The zero-order valence-corrected chi connectivity index (χ0v) is 21.1. The Balaban J connectivity index is 1.47. The molecule has 2 aromatic carbocycles. The minimum atomic E-state index is -0.429. The Morgan fingerprint density at radius 2 is 2.11 bits per heavy atom. The number of rotatable bonds is 7. The fourth-order valence-corrected chi connectivity index (χ4v) is 4.56. The molecule has 0 radical (unpaired) electrons. The van der Waals surface area contributed by atoms with Crippen molar-refractivity contribution < 1.29 is 18.3 Å². The summed E-state index contributed by atoms with van der Waals surface area (Å²) in [5, 5.41) is 8.31. The lowest BCUT2D eigenvalue weighted by Crippen LogP contribution is -2.28. The Labute approximate surface area is 217 Å². The maximum atomic E-state index is 13.7. The molecule has 0 aliphatic carbocycles. The molecule has 1 atom stereocenters. The van der Waals surface area contributed by atoms with Gasteiger partial charge in [-0.1, -0.05) is 29.8 Å². The van der Waals surface area contributed by atoms with E-state index in [4.69, 9.17) is 20.8 Å². The number of aromatic nitrogens is 4. The van der Waals surface area contributed by atoms with E-state index < -0.39 is 5.82 Å². The summed E-state index contributed by atoms with van der Waals surface area (Å²) in [5.41, 5.74) is 4.73. The molecule has 1 N–H and O–H groups in total. The molecular formula is C27H23ClFN5O3. The highest BCUT2D eigenvalue weighted by molar-refractivity contribution is 6.31. The first-order valence-electron chi connectivity index (χ1n) is 11.5. The van der Waals surface area contributed by atoms with E-state index in [-0.39, 0.29) is 24.2 Å². The van der Waals surface area contributed by atoms with Crippen molar-refractivity contribution in [2.24, 2.45) is 0 Å². The minimum Gasteiger partial charge on any atom is -0.487 e. The zero-order valence-electron chi connectivity index (χ0n) is 20.3. The Morgan fingerprint density at radius 3 is 2.84 bits per heavy atom. The van der Waals surface area contributed by atoms with Crippen molar-refractivity contribution in [1.82, 2.24) is 25.1 Å². The fraction of sp³-hybridized carbons (Fsp3) is 0.185. The van der Waals surface area contributed by atoms with Crippen molar-refractivity contribution in [2.45, 2.75) is 33.4 Å². The molecule has 10 heteroatoms. The highest BCUT2D eigenvalue weighted by Gasteiger charge is 2.20. The van der Waals surface area contributed by atoms with E-state index >= 15 is 0 Å². The maximum Gasteiger partial charge on any atom is 0.273 e. The van der Waals surface area contributed by atoms with Gasteiger partial charge in [0.15, 0.2) is 17.9 Å². The normalized spacial score (nSPS) is 12.0. The Hall–Kier alpha value is -4.24. The molecule has 188 valence electrons. The smallest absolute Gasteiger partial charge is 0.273 e. The number of carbonyl (C=O) groups is 1. The van der Waals surface area contributed by atoms with Gasteiger partial charge in [0.25, 0.3) is 5.91 Å². The van der Waals surface area contributed by atoms with Gasteiger partial charge < -0.3 is 14.5 Å². The van der Waals surface area contributed by atoms with E-state index in [1.807, 2.05) is 57.2 Å². The van der Waals surface area contributed by atoms with E-state index in [9.17, 15) is 9.18 Å². The molecule has 5 aromatic rings. The second-order valence-corrected chi connectivity index (χ2v) is 9.12. The number of hydrogen-bond acceptors (Lipinski definition) is 6. The van der Waals surface area contributed by atoms with Gasteiger partial charge in [0.2, 0.25) is 0 Å². The Kier molecular flexibility index (Phi) is 6.62. The van der Waals surface area contributed by atoms with Crippen LogP contribution < -0.4 is 10.1 Å². The third-order valence-electron chi connectivity index (χ3n) is 5.93. The number of halogens is 2. The average molecular weight is 520 g/mol. The van der Waals surface area contributed by atoms with Gasteiger partial charge in [-0.2, -0.15) is 5.10 Å². The lowest BCUT2D eigenvalue weighted by atomic mass is 9.99. The summed E-state index contributed by atoms with van der Waals surface area (Å²) in [7, 11) is 0. The van der Waals surface area contributed by atoms with Crippen LogP contribution >= 0.6 is 11.6 Å². The van der Waals surface area contributed by atoms with Gasteiger partial charge in [-0.3, -0.25) is 4.79 Å². The number of ether oxygens (including phenoxy) is 1. The molecule has 3 aromatic heterocycles. The summed E-state index contributed by atoms with van der Waals surface area (Å²) in [6.07, 6.45) is 4.97. The fourth-order valence-electron chi connectivity index (χ4n) is 4.23. The van der Waals surface area contributed by atoms with Crippen molar-refractivity contribution >= 4 is 28.4 Å². The van der Waals surface area contributed by atoms with Crippen molar-refractivity contribution in [3.63, 3.8) is 0 Å². The third kappa shape index (κ3) is 5.03. The standard InChI is InChI=1S/C27H23ClFN5O3/c1-15-7-20(17(3)33-27(35)23-13-36-14-30-23)21(22(28)8-15)12-37-25-6-4-5-19-24(9-16(2)32-26(19)25)34-11-18(29)10-31-34/h4-11,13-14,17H,12H2,1-3H3,(H,33,35)/t17-/m0/s1. The lowest BCUT2D eigenvalue weighted by Gasteiger charge is -2.20. The van der Waals surface area contributed by atoms with Gasteiger partial charge in [0.05, 0.1) is 24.1 Å². The van der Waals surface area contributed by atoms with Crippen LogP contribution in [0.25, 0.3) is 16.6 Å². The van der Waals surface area contributed by atoms with Gasteiger partial charge in [-0.15, -0.1) is 0 Å². The number of pyridine rings is 1. The molecule has 5 rings (SSSR count). The highest BCUT2D eigenvalue weighted by Crippen LogP contribution is 2.32. The summed E-state index contributed by atoms with van der Waals surface area (Å²) >= 11 is 6.65. The van der Waals surface area contributed by atoms with Crippen LogP contribution in [0.4, 0.5) is 4.39 Å². The Bertz CT molecular complexity index is 1600. The lowest BCUT2D eigenvalue weighted by molar-refractivity contribution is 0.0934. The number of fused-ring (bicyclic) bond motifs is 1. The number of amides is 1. The number of oxazole rings is 1. The van der Waals surface area contributed by atoms with Crippen LogP contribution in [-0.2, 0) is 6.61 Å². The average Bonchev–Trinajstić information content (AvgIpc) is 3.55. The highest BCUT2D eigenvalue weighted by atomic mass is 35.5. The molecular weight excluding hydrogens is 497 g/mol. The van der Waals surface area contributed by atoms with Gasteiger partial charge in [-0.25, -0.2) is 19.0 Å². The van der Waals surface area contributed by atoms with Gasteiger partial charge in [-0.05, 0) is 50.1 Å². The number of benzene rings is 2. The van der Waals surface area contributed by atoms with E-state index in [2.05, 4.69) is 20.4 Å². The number of carbonyl (C=O) groups excluding carboxylic acids is 1. The van der Waals surface area contributed by atoms with Crippen LogP contribution in [0.2, 0.25) is 5.02 Å².